The second-order valence-corrected chi connectivity index (χ2v) is 5.44. The molecule has 0 aromatic carbocycles. The molecule has 0 spiro atoms. The first-order chi connectivity index (χ1) is 6.24. The van der Waals surface area contributed by atoms with Gasteiger partial charge in [0.2, 0.25) is 0 Å². The molecule has 0 aromatic heterocycles. The quantitative estimate of drug-likeness (QED) is 0.708. The van der Waals surface area contributed by atoms with Gasteiger partial charge in [-0.1, -0.05) is 32.6 Å². The number of hydrogen-bond acceptors (Lipinski definition) is 1. The van der Waals surface area contributed by atoms with E-state index in [4.69, 9.17) is 0 Å². The minimum Gasteiger partial charge on any atom is -0.396 e. The maximum atomic E-state index is 9.46. The SMILES string of the molecule is CC(CO)(CC1CCCC1)C1CC1. The van der Waals surface area contributed by atoms with Gasteiger partial charge in [0.05, 0.1) is 0 Å². The lowest BCUT2D eigenvalue weighted by Crippen LogP contribution is -2.26. The first-order valence-corrected chi connectivity index (χ1v) is 5.85. The Labute approximate surface area is 81.5 Å². The van der Waals surface area contributed by atoms with Crippen molar-refractivity contribution in [3.63, 3.8) is 0 Å². The molecular weight excluding hydrogens is 160 g/mol. The summed E-state index contributed by atoms with van der Waals surface area (Å²) in [5.74, 6) is 1.77. The molecule has 0 aromatic rings. The minimum absolute atomic E-state index is 0.273. The molecule has 1 unspecified atom stereocenters. The van der Waals surface area contributed by atoms with E-state index in [1.165, 1.54) is 44.9 Å². The van der Waals surface area contributed by atoms with E-state index in [0.29, 0.717) is 6.61 Å². The molecule has 1 heteroatoms. The zero-order valence-electron chi connectivity index (χ0n) is 8.76. The second-order valence-electron chi connectivity index (χ2n) is 5.44. The van der Waals surface area contributed by atoms with E-state index in [2.05, 4.69) is 6.92 Å². The number of hydrogen-bond donors (Lipinski definition) is 1. The average molecular weight is 182 g/mol. The van der Waals surface area contributed by atoms with Crippen LogP contribution in [0.25, 0.3) is 0 Å². The lowest BCUT2D eigenvalue weighted by atomic mass is 9.77. The standard InChI is InChI=1S/C12H22O/c1-12(9-13,11-6-7-11)8-10-4-2-3-5-10/h10-11,13H,2-9H2,1H3. The molecule has 1 N–H and O–H groups in total. The van der Waals surface area contributed by atoms with Crippen molar-refractivity contribution in [3.8, 4) is 0 Å². The highest BCUT2D eigenvalue weighted by molar-refractivity contribution is 4.92. The average Bonchev–Trinajstić information content (AvgIpc) is 2.88. The Balaban J connectivity index is 1.88. The number of aliphatic hydroxyl groups is 1. The Morgan fingerprint density at radius 3 is 2.23 bits per heavy atom. The minimum atomic E-state index is 0.273. The van der Waals surface area contributed by atoms with E-state index in [1.807, 2.05) is 0 Å². The third-order valence-corrected chi connectivity index (χ3v) is 4.15. The molecule has 2 aliphatic rings. The Kier molecular flexibility index (Phi) is 2.64. The van der Waals surface area contributed by atoms with Crippen LogP contribution >= 0.6 is 0 Å². The molecule has 76 valence electrons. The van der Waals surface area contributed by atoms with Crippen LogP contribution in [0.15, 0.2) is 0 Å². The molecule has 2 rings (SSSR count). The van der Waals surface area contributed by atoms with Crippen LogP contribution < -0.4 is 0 Å². The summed E-state index contributed by atoms with van der Waals surface area (Å²) in [6.45, 7) is 2.71. The summed E-state index contributed by atoms with van der Waals surface area (Å²) in [7, 11) is 0. The van der Waals surface area contributed by atoms with E-state index in [9.17, 15) is 5.11 Å². The van der Waals surface area contributed by atoms with Crippen molar-refractivity contribution in [2.45, 2.75) is 51.9 Å². The third kappa shape index (κ3) is 2.07. The second kappa shape index (κ2) is 3.61. The van der Waals surface area contributed by atoms with E-state index in [0.717, 1.165) is 11.8 Å². The molecule has 0 saturated heterocycles. The fourth-order valence-corrected chi connectivity index (χ4v) is 3.01. The van der Waals surface area contributed by atoms with Gasteiger partial charge < -0.3 is 5.11 Å². The van der Waals surface area contributed by atoms with Gasteiger partial charge in [0, 0.05) is 6.61 Å². The maximum Gasteiger partial charge on any atom is 0.0487 e. The first-order valence-electron chi connectivity index (χ1n) is 5.85. The largest absolute Gasteiger partial charge is 0.396 e. The van der Waals surface area contributed by atoms with Crippen LogP contribution in [0.3, 0.4) is 0 Å². The van der Waals surface area contributed by atoms with Gasteiger partial charge in [-0.2, -0.15) is 0 Å². The summed E-state index contributed by atoms with van der Waals surface area (Å²) in [5, 5.41) is 9.46. The molecule has 2 saturated carbocycles. The van der Waals surface area contributed by atoms with Crippen LogP contribution in [0.2, 0.25) is 0 Å². The van der Waals surface area contributed by atoms with Gasteiger partial charge in [-0.15, -0.1) is 0 Å². The predicted molar refractivity (Wildman–Crippen MR) is 54.5 cm³/mol. The van der Waals surface area contributed by atoms with Crippen LogP contribution in [0.4, 0.5) is 0 Å². The smallest absolute Gasteiger partial charge is 0.0487 e. The van der Waals surface area contributed by atoms with Gasteiger partial charge in [-0.25, -0.2) is 0 Å². The highest BCUT2D eigenvalue weighted by atomic mass is 16.3. The topological polar surface area (TPSA) is 20.2 Å². The summed E-state index contributed by atoms with van der Waals surface area (Å²) in [6, 6.07) is 0. The predicted octanol–water partition coefficient (Wildman–Crippen LogP) is 2.98. The zero-order valence-corrected chi connectivity index (χ0v) is 8.76. The highest BCUT2D eigenvalue weighted by Gasteiger charge is 2.42. The van der Waals surface area contributed by atoms with Gasteiger partial charge in [0.25, 0.3) is 0 Å². The van der Waals surface area contributed by atoms with Crippen molar-refractivity contribution in [1.82, 2.24) is 0 Å². The van der Waals surface area contributed by atoms with Crippen LogP contribution in [0, 0.1) is 17.3 Å². The third-order valence-electron chi connectivity index (χ3n) is 4.15. The highest BCUT2D eigenvalue weighted by Crippen LogP contribution is 2.50. The molecule has 1 nitrogen and oxygen atoms in total. The van der Waals surface area contributed by atoms with Crippen molar-refractivity contribution in [1.29, 1.82) is 0 Å². The summed E-state index contributed by atoms with van der Waals surface area (Å²) in [6.07, 6.45) is 9.71. The molecule has 0 amide bonds. The van der Waals surface area contributed by atoms with E-state index in [-0.39, 0.29) is 5.41 Å². The van der Waals surface area contributed by atoms with Crippen LogP contribution in [-0.4, -0.2) is 11.7 Å². The molecule has 1 atom stereocenters. The van der Waals surface area contributed by atoms with Gasteiger partial charge >= 0.3 is 0 Å². The van der Waals surface area contributed by atoms with Gasteiger partial charge in [-0.3, -0.25) is 0 Å². The van der Waals surface area contributed by atoms with Crippen LogP contribution in [0.5, 0.6) is 0 Å². The molecule has 13 heavy (non-hydrogen) atoms. The molecular formula is C12H22O. The summed E-state index contributed by atoms with van der Waals surface area (Å²) in [4.78, 5) is 0. The fraction of sp³-hybridized carbons (Fsp3) is 1.00. The molecule has 0 radical (unpaired) electrons. The van der Waals surface area contributed by atoms with Gasteiger partial charge in [0.15, 0.2) is 0 Å². The van der Waals surface area contributed by atoms with E-state index in [1.54, 1.807) is 0 Å². The Bertz CT molecular complexity index is 168. The fourth-order valence-electron chi connectivity index (χ4n) is 3.01. The molecule has 0 aliphatic heterocycles. The van der Waals surface area contributed by atoms with Crippen LogP contribution in [-0.2, 0) is 0 Å². The van der Waals surface area contributed by atoms with Crippen molar-refractivity contribution in [2.24, 2.45) is 17.3 Å². The van der Waals surface area contributed by atoms with Gasteiger partial charge in [-0.05, 0) is 36.5 Å². The Morgan fingerprint density at radius 2 is 1.77 bits per heavy atom. The van der Waals surface area contributed by atoms with Crippen LogP contribution in [0.1, 0.15) is 51.9 Å². The summed E-state index contributed by atoms with van der Waals surface area (Å²) in [5.41, 5.74) is 0.273. The van der Waals surface area contributed by atoms with Gasteiger partial charge in [0.1, 0.15) is 0 Å². The van der Waals surface area contributed by atoms with Crippen molar-refractivity contribution >= 4 is 0 Å². The Morgan fingerprint density at radius 1 is 1.15 bits per heavy atom. The molecule has 0 bridgehead atoms. The normalized spacial score (nSPS) is 29.1. The monoisotopic (exact) mass is 182 g/mol. The van der Waals surface area contributed by atoms with E-state index < -0.39 is 0 Å². The molecule has 2 aliphatic carbocycles. The first kappa shape index (κ1) is 9.51. The van der Waals surface area contributed by atoms with Crippen molar-refractivity contribution in [2.75, 3.05) is 6.61 Å². The zero-order chi connectivity index (χ0) is 9.31. The molecule has 2 fully saturated rings. The number of rotatable bonds is 4. The van der Waals surface area contributed by atoms with Crippen molar-refractivity contribution in [3.05, 3.63) is 0 Å². The van der Waals surface area contributed by atoms with Crippen molar-refractivity contribution < 1.29 is 5.11 Å². The maximum absolute atomic E-state index is 9.46. The number of aliphatic hydroxyl groups excluding tert-OH is 1. The molecule has 0 heterocycles. The summed E-state index contributed by atoms with van der Waals surface area (Å²) < 4.78 is 0. The Hall–Kier alpha value is -0.0400. The summed E-state index contributed by atoms with van der Waals surface area (Å²) >= 11 is 0. The van der Waals surface area contributed by atoms with E-state index >= 15 is 0 Å². The lowest BCUT2D eigenvalue weighted by molar-refractivity contribution is 0.0914. The lowest BCUT2D eigenvalue weighted by Gasteiger charge is -2.30.